The third-order valence-electron chi connectivity index (χ3n) is 6.70. The second-order valence-corrected chi connectivity index (χ2v) is 10.1. The van der Waals surface area contributed by atoms with Crippen molar-refractivity contribution < 1.29 is 9.84 Å². The summed E-state index contributed by atoms with van der Waals surface area (Å²) >= 11 is 0. The number of pyridine rings is 1. The van der Waals surface area contributed by atoms with Gasteiger partial charge < -0.3 is 9.84 Å². The zero-order valence-electron chi connectivity index (χ0n) is 20.1. The van der Waals surface area contributed by atoms with Gasteiger partial charge in [0.2, 0.25) is 0 Å². The van der Waals surface area contributed by atoms with Crippen molar-refractivity contribution in [3.63, 3.8) is 0 Å². The fourth-order valence-corrected chi connectivity index (χ4v) is 5.12. The molecule has 0 saturated carbocycles. The molecule has 1 aliphatic rings. The second-order valence-electron chi connectivity index (χ2n) is 10.1. The molecule has 6 nitrogen and oxygen atoms in total. The first-order chi connectivity index (χ1) is 15.7. The van der Waals surface area contributed by atoms with E-state index < -0.39 is 0 Å². The number of morpholine rings is 1. The van der Waals surface area contributed by atoms with Crippen molar-refractivity contribution in [2.24, 2.45) is 0 Å². The molecule has 1 aliphatic heterocycles. The Morgan fingerprint density at radius 1 is 1.15 bits per heavy atom. The summed E-state index contributed by atoms with van der Waals surface area (Å²) in [5.41, 5.74) is 6.29. The smallest absolute Gasteiger partial charge is 0.116 e. The van der Waals surface area contributed by atoms with Gasteiger partial charge in [0.15, 0.2) is 0 Å². The van der Waals surface area contributed by atoms with Gasteiger partial charge in [-0.2, -0.15) is 5.10 Å². The van der Waals surface area contributed by atoms with Crippen LogP contribution < -0.4 is 0 Å². The van der Waals surface area contributed by atoms with Crippen LogP contribution in [0.2, 0.25) is 0 Å². The molecular formula is C27H32N4O2. The van der Waals surface area contributed by atoms with E-state index in [0.717, 1.165) is 70.4 Å². The molecule has 1 saturated heterocycles. The van der Waals surface area contributed by atoms with E-state index >= 15 is 0 Å². The number of aromatic hydroxyl groups is 1. The van der Waals surface area contributed by atoms with E-state index in [1.807, 2.05) is 18.3 Å². The molecule has 5 rings (SSSR count). The van der Waals surface area contributed by atoms with E-state index in [0.29, 0.717) is 5.92 Å². The Balaban J connectivity index is 1.73. The van der Waals surface area contributed by atoms with Crippen molar-refractivity contribution in [3.8, 4) is 17.0 Å². The Labute approximate surface area is 194 Å². The van der Waals surface area contributed by atoms with Crippen LogP contribution in [-0.2, 0) is 11.3 Å². The average molecular weight is 445 g/mol. The molecule has 0 bridgehead atoms. The van der Waals surface area contributed by atoms with E-state index in [9.17, 15) is 5.11 Å². The summed E-state index contributed by atoms with van der Waals surface area (Å²) in [6, 6.07) is 9.92. The number of nitrogens with zero attached hydrogens (tertiary/aromatic N) is 3. The molecular weight excluding hydrogens is 412 g/mol. The van der Waals surface area contributed by atoms with Gasteiger partial charge in [-0.05, 0) is 67.5 Å². The lowest BCUT2D eigenvalue weighted by molar-refractivity contribution is -0.0882. The van der Waals surface area contributed by atoms with Crippen LogP contribution in [0.1, 0.15) is 50.4 Å². The van der Waals surface area contributed by atoms with Gasteiger partial charge in [0, 0.05) is 41.7 Å². The van der Waals surface area contributed by atoms with Crippen LogP contribution in [0.25, 0.3) is 32.9 Å². The fourth-order valence-electron chi connectivity index (χ4n) is 5.12. The third kappa shape index (κ3) is 3.98. The monoisotopic (exact) mass is 444 g/mol. The van der Waals surface area contributed by atoms with Crippen LogP contribution in [-0.4, -0.2) is 50.5 Å². The molecule has 0 unspecified atom stereocenters. The number of ether oxygens (including phenoxy) is 1. The maximum absolute atomic E-state index is 10.4. The standard InChI is InChI=1S/C27H32N4O2/c1-16(2)19-8-9-24-22(13-28-30-24)25(19)26-20-7-6-18(32)12-21(20)23(17(3)29-26)14-31-10-11-33-27(4,5)15-31/h6-9,12-13,16,32H,10-11,14-15H2,1-5H3,(H,28,30). The maximum atomic E-state index is 10.4. The van der Waals surface area contributed by atoms with Crippen LogP contribution in [0.3, 0.4) is 0 Å². The normalized spacial score (nSPS) is 16.8. The lowest BCUT2D eigenvalue weighted by Crippen LogP contribution is -2.47. The highest BCUT2D eigenvalue weighted by atomic mass is 16.5. The first kappa shape index (κ1) is 21.9. The van der Waals surface area contributed by atoms with Crippen LogP contribution in [0.5, 0.6) is 5.75 Å². The van der Waals surface area contributed by atoms with Gasteiger partial charge in [-0.3, -0.25) is 15.0 Å². The maximum Gasteiger partial charge on any atom is 0.116 e. The molecule has 0 spiro atoms. The molecule has 172 valence electrons. The predicted octanol–water partition coefficient (Wildman–Crippen LogP) is 5.53. The number of phenolic OH excluding ortho intramolecular Hbond substituents is 1. The van der Waals surface area contributed by atoms with E-state index in [1.165, 1.54) is 5.56 Å². The molecule has 1 fully saturated rings. The second kappa shape index (κ2) is 8.12. The third-order valence-corrected chi connectivity index (χ3v) is 6.70. The highest BCUT2D eigenvalue weighted by molar-refractivity contribution is 6.05. The predicted molar refractivity (Wildman–Crippen MR) is 133 cm³/mol. The van der Waals surface area contributed by atoms with E-state index in [4.69, 9.17) is 9.72 Å². The van der Waals surface area contributed by atoms with E-state index in [2.05, 4.69) is 61.8 Å². The summed E-state index contributed by atoms with van der Waals surface area (Å²) in [5, 5.41) is 21.0. The highest BCUT2D eigenvalue weighted by Crippen LogP contribution is 2.40. The van der Waals surface area contributed by atoms with Crippen LogP contribution >= 0.6 is 0 Å². The van der Waals surface area contributed by atoms with E-state index in [1.54, 1.807) is 6.07 Å². The number of benzene rings is 2. The number of nitrogens with one attached hydrogen (secondary N) is 1. The minimum absolute atomic E-state index is 0.166. The Morgan fingerprint density at radius 3 is 2.73 bits per heavy atom. The fraction of sp³-hybridized carbons (Fsp3) is 0.407. The molecule has 0 atom stereocenters. The summed E-state index contributed by atoms with van der Waals surface area (Å²) in [5.74, 6) is 0.608. The SMILES string of the molecule is Cc1nc(-c2c(C(C)C)ccc3[nH]ncc23)c2ccc(O)cc2c1CN1CCOC(C)(C)C1. The van der Waals surface area contributed by atoms with Gasteiger partial charge in [-0.15, -0.1) is 0 Å². The Morgan fingerprint density at radius 2 is 1.97 bits per heavy atom. The molecule has 6 heteroatoms. The zero-order valence-corrected chi connectivity index (χ0v) is 20.1. The Kier molecular flexibility index (Phi) is 5.38. The number of hydrogen-bond donors (Lipinski definition) is 2. The molecule has 2 aromatic carbocycles. The van der Waals surface area contributed by atoms with Gasteiger partial charge in [-0.1, -0.05) is 19.9 Å². The number of aromatic nitrogens is 3. The summed E-state index contributed by atoms with van der Waals surface area (Å²) in [7, 11) is 0. The van der Waals surface area contributed by atoms with Crippen molar-refractivity contribution in [2.45, 2.75) is 52.7 Å². The van der Waals surface area contributed by atoms with E-state index in [-0.39, 0.29) is 11.4 Å². The molecule has 2 aromatic heterocycles. The number of rotatable bonds is 4. The first-order valence-electron chi connectivity index (χ1n) is 11.7. The highest BCUT2D eigenvalue weighted by Gasteiger charge is 2.28. The van der Waals surface area contributed by atoms with Crippen molar-refractivity contribution in [1.82, 2.24) is 20.1 Å². The van der Waals surface area contributed by atoms with Crippen molar-refractivity contribution in [2.75, 3.05) is 19.7 Å². The number of H-pyrrole nitrogens is 1. The van der Waals surface area contributed by atoms with Crippen LogP contribution in [0, 0.1) is 6.92 Å². The largest absolute Gasteiger partial charge is 0.508 e. The summed E-state index contributed by atoms with van der Waals surface area (Å²) in [4.78, 5) is 7.62. The number of aromatic amines is 1. The molecule has 2 N–H and O–H groups in total. The summed E-state index contributed by atoms with van der Waals surface area (Å²) in [6.07, 6.45) is 1.89. The quantitative estimate of drug-likeness (QED) is 0.433. The van der Waals surface area contributed by atoms with Crippen molar-refractivity contribution in [3.05, 3.63) is 53.3 Å². The number of phenols is 1. The van der Waals surface area contributed by atoms with Crippen LogP contribution in [0.15, 0.2) is 36.5 Å². The average Bonchev–Trinajstić information content (AvgIpc) is 3.23. The number of hydrogen-bond acceptors (Lipinski definition) is 5. The van der Waals surface area contributed by atoms with Gasteiger partial charge in [0.1, 0.15) is 5.75 Å². The van der Waals surface area contributed by atoms with Crippen molar-refractivity contribution in [1.29, 1.82) is 0 Å². The number of fused-ring (bicyclic) bond motifs is 2. The lowest BCUT2D eigenvalue weighted by Gasteiger charge is -2.38. The van der Waals surface area contributed by atoms with Crippen LogP contribution in [0.4, 0.5) is 0 Å². The molecule has 4 aromatic rings. The number of aryl methyl sites for hydroxylation is 1. The van der Waals surface area contributed by atoms with Crippen molar-refractivity contribution >= 4 is 21.7 Å². The minimum atomic E-state index is -0.166. The molecule has 3 heterocycles. The summed E-state index contributed by atoms with van der Waals surface area (Å²) in [6.45, 7) is 14.0. The molecule has 0 aliphatic carbocycles. The van der Waals surface area contributed by atoms with Gasteiger partial charge in [-0.25, -0.2) is 0 Å². The summed E-state index contributed by atoms with van der Waals surface area (Å²) < 4.78 is 5.91. The first-order valence-corrected chi connectivity index (χ1v) is 11.7. The minimum Gasteiger partial charge on any atom is -0.508 e. The van der Waals surface area contributed by atoms with Gasteiger partial charge in [0.25, 0.3) is 0 Å². The lowest BCUT2D eigenvalue weighted by atomic mass is 9.89. The molecule has 0 amide bonds. The molecule has 33 heavy (non-hydrogen) atoms. The van der Waals surface area contributed by atoms with Gasteiger partial charge >= 0.3 is 0 Å². The van der Waals surface area contributed by atoms with Gasteiger partial charge in [0.05, 0.1) is 29.6 Å². The Hall–Kier alpha value is -2.96. The topological polar surface area (TPSA) is 74.3 Å². The molecule has 0 radical (unpaired) electrons. The Bertz CT molecular complexity index is 1340. The zero-order chi connectivity index (χ0) is 23.3.